The summed E-state index contributed by atoms with van der Waals surface area (Å²) in [5.74, 6) is 0.909. The number of nitriles is 1. The van der Waals surface area contributed by atoms with Crippen molar-refractivity contribution >= 4 is 0 Å². The fourth-order valence-electron chi connectivity index (χ4n) is 2.27. The van der Waals surface area contributed by atoms with Crippen LogP contribution in [0.5, 0.6) is 0 Å². The quantitative estimate of drug-likeness (QED) is 0.822. The van der Waals surface area contributed by atoms with Crippen molar-refractivity contribution in [2.45, 2.75) is 32.0 Å². The van der Waals surface area contributed by atoms with Crippen LogP contribution in [-0.2, 0) is 13.1 Å². The normalized spacial score (nSPS) is 14.4. The lowest BCUT2D eigenvalue weighted by atomic mass is 10.1. The molecule has 0 amide bonds. The molecule has 1 heterocycles. The van der Waals surface area contributed by atoms with Crippen LogP contribution in [0.1, 0.15) is 35.8 Å². The molecule has 3 rings (SSSR count). The lowest BCUT2D eigenvalue weighted by Crippen LogP contribution is -2.20. The Balaban J connectivity index is 1.65. The third-order valence-electron chi connectivity index (χ3n) is 3.37. The van der Waals surface area contributed by atoms with Crippen LogP contribution in [-0.4, -0.2) is 32.2 Å². The van der Waals surface area contributed by atoms with Gasteiger partial charge in [-0.2, -0.15) is 5.26 Å². The second-order valence-corrected chi connectivity index (χ2v) is 5.26. The summed E-state index contributed by atoms with van der Waals surface area (Å²) >= 11 is 0. The number of hydrogen-bond acceptors (Lipinski definition) is 5. The molecule has 0 aliphatic heterocycles. The van der Waals surface area contributed by atoms with Crippen LogP contribution in [0.3, 0.4) is 0 Å². The largest absolute Gasteiger partial charge is 0.295 e. The van der Waals surface area contributed by atoms with Gasteiger partial charge >= 0.3 is 0 Å². The minimum Gasteiger partial charge on any atom is -0.295 e. The summed E-state index contributed by atoms with van der Waals surface area (Å²) in [5.41, 5.74) is 1.82. The van der Waals surface area contributed by atoms with Crippen LogP contribution < -0.4 is 0 Å². The first-order valence-corrected chi connectivity index (χ1v) is 6.70. The van der Waals surface area contributed by atoms with Crippen molar-refractivity contribution in [2.24, 2.45) is 0 Å². The zero-order valence-electron chi connectivity index (χ0n) is 11.4. The molecule has 0 radical (unpaired) electrons. The fourth-order valence-corrected chi connectivity index (χ4v) is 2.27. The van der Waals surface area contributed by atoms with E-state index in [1.165, 1.54) is 12.8 Å². The van der Waals surface area contributed by atoms with Gasteiger partial charge in [-0.05, 0) is 48.0 Å². The Labute approximate surface area is 117 Å². The lowest BCUT2D eigenvalue weighted by Gasteiger charge is -2.16. The average molecular weight is 268 g/mol. The van der Waals surface area contributed by atoms with Crippen LogP contribution in [0.15, 0.2) is 24.3 Å². The molecule has 0 bridgehead atoms. The summed E-state index contributed by atoms with van der Waals surface area (Å²) in [5, 5.41) is 20.8. The highest BCUT2D eigenvalue weighted by Gasteiger charge is 2.27. The molecule has 1 aliphatic carbocycles. The Morgan fingerprint density at radius 3 is 3.00 bits per heavy atom. The molecular weight excluding hydrogens is 252 g/mol. The maximum Gasteiger partial charge on any atom is 0.165 e. The number of nitrogens with zero attached hydrogens (tertiary/aromatic N) is 6. The van der Waals surface area contributed by atoms with Crippen molar-refractivity contribution < 1.29 is 0 Å². The molecule has 0 atom stereocenters. The SMILES string of the molecule is CN(Cc1cccc(C#N)c1)Cc1nnnn1C1CC1. The molecule has 6 heteroatoms. The first kappa shape index (κ1) is 12.8. The predicted molar refractivity (Wildman–Crippen MR) is 72.4 cm³/mol. The Hall–Kier alpha value is -2.26. The zero-order chi connectivity index (χ0) is 13.9. The van der Waals surface area contributed by atoms with E-state index in [4.69, 9.17) is 5.26 Å². The Kier molecular flexibility index (Phi) is 3.44. The Morgan fingerprint density at radius 1 is 1.40 bits per heavy atom. The molecule has 1 aromatic heterocycles. The third kappa shape index (κ3) is 2.83. The van der Waals surface area contributed by atoms with E-state index in [9.17, 15) is 0 Å². The van der Waals surface area contributed by atoms with E-state index in [0.717, 1.165) is 17.9 Å². The van der Waals surface area contributed by atoms with Gasteiger partial charge in [-0.3, -0.25) is 4.90 Å². The Bertz CT molecular complexity index is 637. The highest BCUT2D eigenvalue weighted by atomic mass is 15.6. The summed E-state index contributed by atoms with van der Waals surface area (Å²) in [4.78, 5) is 2.15. The second-order valence-electron chi connectivity index (χ2n) is 5.26. The van der Waals surface area contributed by atoms with Gasteiger partial charge in [0.2, 0.25) is 0 Å². The van der Waals surface area contributed by atoms with Gasteiger partial charge in [0.1, 0.15) is 0 Å². The summed E-state index contributed by atoms with van der Waals surface area (Å²) in [6.45, 7) is 1.48. The third-order valence-corrected chi connectivity index (χ3v) is 3.37. The summed E-state index contributed by atoms with van der Waals surface area (Å²) in [7, 11) is 2.03. The van der Waals surface area contributed by atoms with Gasteiger partial charge in [-0.15, -0.1) is 5.10 Å². The van der Waals surface area contributed by atoms with E-state index in [0.29, 0.717) is 18.2 Å². The molecule has 102 valence electrons. The number of aromatic nitrogens is 4. The number of tetrazole rings is 1. The van der Waals surface area contributed by atoms with Crippen LogP contribution in [0.25, 0.3) is 0 Å². The van der Waals surface area contributed by atoms with Gasteiger partial charge in [0, 0.05) is 6.54 Å². The highest BCUT2D eigenvalue weighted by molar-refractivity contribution is 5.32. The fraction of sp³-hybridized carbons (Fsp3) is 0.429. The molecule has 0 saturated heterocycles. The molecule has 0 N–H and O–H groups in total. The molecule has 1 aliphatic rings. The van der Waals surface area contributed by atoms with Gasteiger partial charge in [0.25, 0.3) is 0 Å². The van der Waals surface area contributed by atoms with Gasteiger partial charge in [-0.1, -0.05) is 12.1 Å². The zero-order valence-corrected chi connectivity index (χ0v) is 11.4. The van der Waals surface area contributed by atoms with E-state index in [1.807, 2.05) is 36.0 Å². The Morgan fingerprint density at radius 2 is 2.25 bits per heavy atom. The average Bonchev–Trinajstić information content (AvgIpc) is 3.19. The van der Waals surface area contributed by atoms with Gasteiger partial charge in [0.15, 0.2) is 5.82 Å². The molecule has 1 saturated carbocycles. The molecule has 1 aromatic carbocycles. The highest BCUT2D eigenvalue weighted by Crippen LogP contribution is 2.34. The van der Waals surface area contributed by atoms with E-state index in [-0.39, 0.29) is 0 Å². The summed E-state index contributed by atoms with van der Waals surface area (Å²) < 4.78 is 1.93. The molecule has 2 aromatic rings. The van der Waals surface area contributed by atoms with E-state index in [2.05, 4.69) is 26.5 Å². The van der Waals surface area contributed by atoms with Gasteiger partial charge in [-0.25, -0.2) is 4.68 Å². The first-order valence-electron chi connectivity index (χ1n) is 6.70. The number of benzene rings is 1. The molecule has 20 heavy (non-hydrogen) atoms. The molecule has 0 spiro atoms. The topological polar surface area (TPSA) is 70.6 Å². The second kappa shape index (κ2) is 5.39. The van der Waals surface area contributed by atoms with E-state index >= 15 is 0 Å². The van der Waals surface area contributed by atoms with Crippen molar-refractivity contribution in [3.05, 3.63) is 41.2 Å². The van der Waals surface area contributed by atoms with Crippen molar-refractivity contribution in [3.63, 3.8) is 0 Å². The van der Waals surface area contributed by atoms with Crippen LogP contribution in [0, 0.1) is 11.3 Å². The van der Waals surface area contributed by atoms with Crippen LogP contribution >= 0.6 is 0 Å². The van der Waals surface area contributed by atoms with Gasteiger partial charge in [0.05, 0.1) is 24.2 Å². The van der Waals surface area contributed by atoms with E-state index < -0.39 is 0 Å². The minimum absolute atomic E-state index is 0.496. The lowest BCUT2D eigenvalue weighted by molar-refractivity contribution is 0.302. The number of hydrogen-bond donors (Lipinski definition) is 0. The first-order chi connectivity index (χ1) is 9.76. The monoisotopic (exact) mass is 268 g/mol. The predicted octanol–water partition coefficient (Wildman–Crippen LogP) is 1.51. The van der Waals surface area contributed by atoms with Crippen molar-refractivity contribution in [1.29, 1.82) is 5.26 Å². The smallest absolute Gasteiger partial charge is 0.165 e. The van der Waals surface area contributed by atoms with Crippen LogP contribution in [0.4, 0.5) is 0 Å². The molecule has 6 nitrogen and oxygen atoms in total. The van der Waals surface area contributed by atoms with Crippen molar-refractivity contribution in [3.8, 4) is 6.07 Å². The molecule has 0 unspecified atom stereocenters. The molecular formula is C14H16N6. The van der Waals surface area contributed by atoms with Crippen molar-refractivity contribution in [1.82, 2.24) is 25.1 Å². The minimum atomic E-state index is 0.496. The summed E-state index contributed by atoms with van der Waals surface area (Å²) in [6, 6.07) is 10.3. The maximum atomic E-state index is 8.91. The summed E-state index contributed by atoms with van der Waals surface area (Å²) in [6.07, 6.45) is 2.35. The van der Waals surface area contributed by atoms with Gasteiger partial charge < -0.3 is 0 Å². The standard InChI is InChI=1S/C14H16N6/c1-19(9-12-4-2-3-11(7-12)8-15)10-14-16-17-18-20(14)13-5-6-13/h2-4,7,13H,5-6,9-10H2,1H3. The van der Waals surface area contributed by atoms with Crippen molar-refractivity contribution in [2.75, 3.05) is 7.05 Å². The van der Waals surface area contributed by atoms with Crippen LogP contribution in [0.2, 0.25) is 0 Å². The molecule has 1 fully saturated rings. The maximum absolute atomic E-state index is 8.91. The number of rotatable bonds is 5. The van der Waals surface area contributed by atoms with E-state index in [1.54, 1.807) is 0 Å².